The molecule has 0 saturated carbocycles. The van der Waals surface area contributed by atoms with Gasteiger partial charge in [-0.3, -0.25) is 0 Å². The summed E-state index contributed by atoms with van der Waals surface area (Å²) in [6, 6.07) is 3.78. The molecule has 10 heavy (non-hydrogen) atoms. The zero-order chi connectivity index (χ0) is 8.24. The van der Waals surface area contributed by atoms with Crippen molar-refractivity contribution in [3.05, 3.63) is 0 Å². The average molecular weight is 140 g/mol. The summed E-state index contributed by atoms with van der Waals surface area (Å²) in [4.78, 5) is 0. The van der Waals surface area contributed by atoms with Crippen molar-refractivity contribution in [2.75, 3.05) is 13.1 Å². The maximum Gasteiger partial charge on any atom is 0.0635 e. The summed E-state index contributed by atoms with van der Waals surface area (Å²) in [6.07, 6.45) is 0.944. The number of nitriles is 2. The van der Waals surface area contributed by atoms with Crippen LogP contribution in [-0.2, 0) is 0 Å². The van der Waals surface area contributed by atoms with Crippen LogP contribution in [0.5, 0.6) is 0 Å². The molecule has 0 atom stereocenters. The molecule has 56 valence electrons. The SMILES string of the molecule is N#CCCN.N#CCCN. The topological polar surface area (TPSA) is 99.6 Å². The Morgan fingerprint density at radius 1 is 0.900 bits per heavy atom. The van der Waals surface area contributed by atoms with Gasteiger partial charge in [-0.05, 0) is 0 Å². The van der Waals surface area contributed by atoms with Gasteiger partial charge in [-0.15, -0.1) is 0 Å². The Kier molecular flexibility index (Phi) is 18.3. The van der Waals surface area contributed by atoms with Crippen molar-refractivity contribution in [2.45, 2.75) is 12.8 Å². The van der Waals surface area contributed by atoms with E-state index in [9.17, 15) is 0 Å². The van der Waals surface area contributed by atoms with Crippen LogP contribution in [0.25, 0.3) is 0 Å². The van der Waals surface area contributed by atoms with Crippen LogP contribution in [0.2, 0.25) is 0 Å². The Morgan fingerprint density at radius 3 is 1.20 bits per heavy atom. The Labute approximate surface area is 61.0 Å². The molecule has 0 aliphatic carbocycles. The van der Waals surface area contributed by atoms with E-state index >= 15 is 0 Å². The van der Waals surface area contributed by atoms with Gasteiger partial charge in [0, 0.05) is 25.9 Å². The lowest BCUT2D eigenvalue weighted by Gasteiger charge is -1.68. The highest BCUT2D eigenvalue weighted by atomic mass is 14.5. The molecule has 0 aromatic carbocycles. The number of nitrogens with two attached hydrogens (primary N) is 2. The Hall–Kier alpha value is -1.10. The van der Waals surface area contributed by atoms with Crippen LogP contribution in [-0.4, -0.2) is 13.1 Å². The smallest absolute Gasteiger partial charge is 0.0635 e. The number of hydrogen-bond acceptors (Lipinski definition) is 4. The van der Waals surface area contributed by atoms with Crippen LogP contribution in [0.15, 0.2) is 0 Å². The van der Waals surface area contributed by atoms with Crippen LogP contribution in [0, 0.1) is 22.7 Å². The van der Waals surface area contributed by atoms with Gasteiger partial charge in [0.2, 0.25) is 0 Å². The average Bonchev–Trinajstić information content (AvgIpc) is 1.93. The molecule has 0 amide bonds. The summed E-state index contributed by atoms with van der Waals surface area (Å²) in [6.45, 7) is 0.965. The van der Waals surface area contributed by atoms with Crippen molar-refractivity contribution >= 4 is 0 Å². The third-order valence-electron chi connectivity index (χ3n) is 0.512. The van der Waals surface area contributed by atoms with Crippen LogP contribution >= 0.6 is 0 Å². The number of hydrogen-bond donors (Lipinski definition) is 2. The first kappa shape index (κ1) is 11.7. The molecule has 4 nitrogen and oxygen atoms in total. The fourth-order valence-corrected chi connectivity index (χ4v) is 0.129. The van der Waals surface area contributed by atoms with Crippen LogP contribution in [0.1, 0.15) is 12.8 Å². The minimum Gasteiger partial charge on any atom is -0.329 e. The fraction of sp³-hybridized carbons (Fsp3) is 0.667. The van der Waals surface area contributed by atoms with E-state index in [0.29, 0.717) is 25.9 Å². The highest BCUT2D eigenvalue weighted by molar-refractivity contribution is 4.67. The van der Waals surface area contributed by atoms with Crippen molar-refractivity contribution in [3.8, 4) is 12.1 Å². The molecule has 0 heterocycles. The van der Waals surface area contributed by atoms with Crippen molar-refractivity contribution in [1.82, 2.24) is 0 Å². The molecule has 0 rings (SSSR count). The molecule has 0 fully saturated rings. The van der Waals surface area contributed by atoms with Gasteiger partial charge in [-0.2, -0.15) is 10.5 Å². The van der Waals surface area contributed by atoms with E-state index in [1.54, 1.807) is 0 Å². The predicted octanol–water partition coefficient (Wildman–Crippen LogP) is -0.282. The van der Waals surface area contributed by atoms with Gasteiger partial charge in [0.1, 0.15) is 0 Å². The monoisotopic (exact) mass is 140 g/mol. The lowest BCUT2D eigenvalue weighted by Crippen LogP contribution is -1.94. The molecule has 0 bridgehead atoms. The summed E-state index contributed by atoms with van der Waals surface area (Å²) in [5.41, 5.74) is 9.83. The van der Waals surface area contributed by atoms with Crippen molar-refractivity contribution in [3.63, 3.8) is 0 Å². The zero-order valence-corrected chi connectivity index (χ0v) is 5.88. The largest absolute Gasteiger partial charge is 0.329 e. The molecule has 0 aliphatic rings. The minimum atomic E-state index is 0.472. The molecule has 0 aromatic rings. The highest BCUT2D eigenvalue weighted by Crippen LogP contribution is 1.59. The molecule has 0 saturated heterocycles. The van der Waals surface area contributed by atoms with E-state index in [1.807, 2.05) is 12.1 Å². The quantitative estimate of drug-likeness (QED) is 0.550. The second-order valence-corrected chi connectivity index (χ2v) is 1.39. The maximum atomic E-state index is 7.74. The van der Waals surface area contributed by atoms with Gasteiger partial charge in [-0.25, -0.2) is 0 Å². The molecule has 0 unspecified atom stereocenters. The first-order valence-electron chi connectivity index (χ1n) is 2.97. The second kappa shape index (κ2) is 15.7. The highest BCUT2D eigenvalue weighted by Gasteiger charge is 1.65. The van der Waals surface area contributed by atoms with Gasteiger partial charge >= 0.3 is 0 Å². The number of nitrogens with zero attached hydrogens (tertiary/aromatic N) is 2. The second-order valence-electron chi connectivity index (χ2n) is 1.39. The minimum absolute atomic E-state index is 0.472. The Bertz CT molecular complexity index is 103. The third-order valence-corrected chi connectivity index (χ3v) is 0.512. The van der Waals surface area contributed by atoms with Crippen LogP contribution in [0.4, 0.5) is 0 Å². The fourth-order valence-electron chi connectivity index (χ4n) is 0.129. The van der Waals surface area contributed by atoms with Gasteiger partial charge in [-0.1, -0.05) is 0 Å². The Morgan fingerprint density at radius 2 is 1.20 bits per heavy atom. The lowest BCUT2D eigenvalue weighted by atomic mass is 10.5. The summed E-state index contributed by atoms with van der Waals surface area (Å²) < 4.78 is 0. The van der Waals surface area contributed by atoms with Crippen molar-refractivity contribution in [2.24, 2.45) is 11.5 Å². The first-order valence-corrected chi connectivity index (χ1v) is 2.97. The first-order chi connectivity index (χ1) is 4.83. The molecular formula is C6H12N4. The van der Waals surface area contributed by atoms with E-state index in [2.05, 4.69) is 0 Å². The van der Waals surface area contributed by atoms with Crippen molar-refractivity contribution in [1.29, 1.82) is 10.5 Å². The van der Waals surface area contributed by atoms with E-state index in [1.165, 1.54) is 0 Å². The van der Waals surface area contributed by atoms with E-state index in [4.69, 9.17) is 22.0 Å². The Balaban J connectivity index is 0. The maximum absolute atomic E-state index is 7.74. The van der Waals surface area contributed by atoms with Gasteiger partial charge in [0.15, 0.2) is 0 Å². The summed E-state index contributed by atoms with van der Waals surface area (Å²) >= 11 is 0. The van der Waals surface area contributed by atoms with Gasteiger partial charge < -0.3 is 11.5 Å². The normalized spacial score (nSPS) is 6.40. The summed E-state index contributed by atoms with van der Waals surface area (Å²) in [7, 11) is 0. The van der Waals surface area contributed by atoms with Crippen LogP contribution < -0.4 is 11.5 Å². The molecule has 0 aliphatic heterocycles. The summed E-state index contributed by atoms with van der Waals surface area (Å²) in [5, 5.41) is 15.5. The van der Waals surface area contributed by atoms with E-state index < -0.39 is 0 Å². The molecule has 0 aromatic heterocycles. The third kappa shape index (κ3) is 28.6. The molecular weight excluding hydrogens is 128 g/mol. The predicted molar refractivity (Wildman–Crippen MR) is 38.6 cm³/mol. The zero-order valence-electron chi connectivity index (χ0n) is 5.88. The van der Waals surface area contributed by atoms with E-state index in [-0.39, 0.29) is 0 Å². The molecule has 0 spiro atoms. The summed E-state index contributed by atoms with van der Waals surface area (Å²) in [5.74, 6) is 0. The molecule has 0 radical (unpaired) electrons. The van der Waals surface area contributed by atoms with Gasteiger partial charge in [0.25, 0.3) is 0 Å². The van der Waals surface area contributed by atoms with E-state index in [0.717, 1.165) is 0 Å². The molecule has 4 heteroatoms. The van der Waals surface area contributed by atoms with Crippen molar-refractivity contribution < 1.29 is 0 Å². The lowest BCUT2D eigenvalue weighted by molar-refractivity contribution is 1.02. The van der Waals surface area contributed by atoms with Gasteiger partial charge in [0.05, 0.1) is 12.1 Å². The standard InChI is InChI=1S/2C3H6N2/c2*4-2-1-3-5/h2*1-2,4H2. The molecule has 4 N–H and O–H groups in total. The van der Waals surface area contributed by atoms with Crippen LogP contribution in [0.3, 0.4) is 0 Å². The number of rotatable bonds is 2.